The highest BCUT2D eigenvalue weighted by Gasteiger charge is 2.26. The molecular formula is C130H85N9OS2. The Morgan fingerprint density at radius 1 is 0.232 bits per heavy atom. The molecule has 9 aromatic heterocycles. The molecule has 9 heterocycles. The summed E-state index contributed by atoms with van der Waals surface area (Å²) in [5, 5.41) is 22.0. The largest absolute Gasteiger partial charge is 0.455 e. The van der Waals surface area contributed by atoms with Crippen LogP contribution in [0.5, 0.6) is 0 Å². The van der Waals surface area contributed by atoms with E-state index < -0.39 is 0 Å². The Kier molecular flexibility index (Phi) is 20.0. The lowest BCUT2D eigenvalue weighted by Gasteiger charge is -2.19. The van der Waals surface area contributed by atoms with E-state index in [0.29, 0.717) is 17.8 Å². The highest BCUT2D eigenvalue weighted by atomic mass is 32.1. The summed E-state index contributed by atoms with van der Waals surface area (Å²) in [5.74, 6) is 1.98. The van der Waals surface area contributed by atoms with Crippen molar-refractivity contribution in [2.75, 3.05) is 0 Å². The highest BCUT2D eigenvalue weighted by molar-refractivity contribution is 7.26. The summed E-state index contributed by atoms with van der Waals surface area (Å²) in [6, 6.07) is 158. The lowest BCUT2D eigenvalue weighted by molar-refractivity contribution is 0.591. The Bertz CT molecular complexity index is 10100. The fourth-order valence-electron chi connectivity index (χ4n) is 21.3. The molecule has 20 aromatic carbocycles. The molecule has 0 atom stereocenters. The molecule has 0 N–H and O–H groups in total. The number of benzene rings is 20. The summed E-state index contributed by atoms with van der Waals surface area (Å²) in [6.07, 6.45) is 5.63. The third-order valence-electron chi connectivity index (χ3n) is 28.2. The quantitative estimate of drug-likeness (QED) is 0.127. The molecule has 142 heavy (non-hydrogen) atoms. The van der Waals surface area contributed by atoms with Gasteiger partial charge in [0.05, 0.1) is 50.2 Å². The Labute approximate surface area is 825 Å². The van der Waals surface area contributed by atoms with Crippen molar-refractivity contribution in [3.63, 3.8) is 0 Å². The van der Waals surface area contributed by atoms with Crippen LogP contribution in [0.4, 0.5) is 0 Å². The van der Waals surface area contributed by atoms with Crippen LogP contribution >= 0.6 is 22.7 Å². The molecule has 29 rings (SSSR count). The van der Waals surface area contributed by atoms with E-state index in [2.05, 4.69) is 447 Å². The first kappa shape index (κ1) is 83.4. The zero-order valence-electron chi connectivity index (χ0n) is 77.6. The summed E-state index contributed by atoms with van der Waals surface area (Å²) < 4.78 is 18.3. The van der Waals surface area contributed by atoms with Crippen LogP contribution in [0.15, 0.2) is 466 Å². The maximum Gasteiger partial charge on any atom is 0.235 e. The summed E-state index contributed by atoms with van der Waals surface area (Å²) >= 11 is 3.72. The molecule has 12 heteroatoms. The monoisotopic (exact) mass is 1850 g/mol. The molecule has 0 fully saturated rings. The first-order chi connectivity index (χ1) is 70.0. The van der Waals surface area contributed by atoms with Gasteiger partial charge in [-0.25, -0.2) is 29.9 Å². The van der Waals surface area contributed by atoms with Gasteiger partial charge in [-0.3, -0.25) is 13.7 Å². The third-order valence-corrected chi connectivity index (χ3v) is 30.6. The lowest BCUT2D eigenvalue weighted by Crippen LogP contribution is -2.10. The van der Waals surface area contributed by atoms with Crippen LogP contribution in [0.3, 0.4) is 0 Å². The number of hydrogen-bond donors (Lipinski definition) is 0. The smallest absolute Gasteiger partial charge is 0.235 e. The molecule has 10 nitrogen and oxygen atoms in total. The van der Waals surface area contributed by atoms with Crippen molar-refractivity contribution in [2.45, 2.75) is 26.2 Å². The van der Waals surface area contributed by atoms with Gasteiger partial charge < -0.3 is 4.42 Å². The van der Waals surface area contributed by atoms with E-state index in [-0.39, 0.29) is 5.41 Å². The van der Waals surface area contributed by atoms with Crippen LogP contribution in [0.25, 0.3) is 267 Å². The zero-order valence-corrected chi connectivity index (χ0v) is 79.3. The van der Waals surface area contributed by atoms with Crippen LogP contribution in [0, 0.1) is 0 Å². The Morgan fingerprint density at radius 2 is 0.662 bits per heavy atom. The van der Waals surface area contributed by atoms with E-state index in [1.807, 2.05) is 71.6 Å². The van der Waals surface area contributed by atoms with Crippen LogP contribution in [0.1, 0.15) is 26.3 Å². The lowest BCUT2D eigenvalue weighted by atomic mass is 9.86. The molecule has 0 radical (unpaired) electrons. The second kappa shape index (κ2) is 34.0. The molecule has 29 aromatic rings. The number of rotatable bonds is 11. The van der Waals surface area contributed by atoms with Gasteiger partial charge in [0.15, 0.2) is 0 Å². The van der Waals surface area contributed by atoms with Gasteiger partial charge >= 0.3 is 0 Å². The number of para-hydroxylation sites is 3. The first-order valence-electron chi connectivity index (χ1n) is 48.1. The van der Waals surface area contributed by atoms with Crippen molar-refractivity contribution in [3.8, 4) is 107 Å². The standard InChI is InChI=1S/C50H31N3S.C42H31N3O.C38H23N3S/c1-2-10-32(11-3-1)33-20-22-34(23-21-33)37-24-25-46-43(30-37)44-29-35-12-4-5-13-36(35)31-47(44)53(46)50-51-27-26-45(52-50)39-15-8-14-38(28-39)40-17-9-18-42-41-16-6-7-19-48(41)54-49(40)42;1-42(2,3)29-19-21-36-34(25-29)39-30-13-5-4-10-26(30)18-20-37(39)45(36)41-43-23-22-35(44-41)28-12-8-11-27(24-28)31-15-9-16-33-32-14-6-7-17-38(32)46-40(31)33;1-2-9-27-24(8-1)20-21-31-29-10-3-5-14-34(29)41(36(27)31)38-39-23-22-33(40-38)26-18-16-25(17-19-26)28-12-7-13-32-30-11-4-6-15-35(30)42-37(28)32/h1-31H;4-25H,1-3H3;1-23H. The number of furan rings is 1. The summed E-state index contributed by atoms with van der Waals surface area (Å²) in [6.45, 7) is 6.79. The van der Waals surface area contributed by atoms with E-state index in [9.17, 15) is 0 Å². The Hall–Kier alpha value is -17.9. The van der Waals surface area contributed by atoms with Gasteiger partial charge in [0.25, 0.3) is 0 Å². The third kappa shape index (κ3) is 14.4. The molecule has 0 aliphatic rings. The van der Waals surface area contributed by atoms with Gasteiger partial charge in [0.2, 0.25) is 17.8 Å². The topological polar surface area (TPSA) is 105 Å². The minimum Gasteiger partial charge on any atom is -0.455 e. The van der Waals surface area contributed by atoms with E-state index in [4.69, 9.17) is 34.3 Å². The molecule has 0 spiro atoms. The van der Waals surface area contributed by atoms with Crippen LogP contribution < -0.4 is 0 Å². The molecule has 0 aliphatic carbocycles. The van der Waals surface area contributed by atoms with Gasteiger partial charge in [-0.1, -0.05) is 367 Å². The molecular weight excluding hydrogens is 1770 g/mol. The first-order valence-corrected chi connectivity index (χ1v) is 49.7. The van der Waals surface area contributed by atoms with Gasteiger partial charge in [-0.05, 0) is 185 Å². The van der Waals surface area contributed by atoms with Gasteiger partial charge in [0.1, 0.15) is 11.2 Å². The van der Waals surface area contributed by atoms with Gasteiger partial charge in [-0.15, -0.1) is 22.7 Å². The van der Waals surface area contributed by atoms with Crippen molar-refractivity contribution < 1.29 is 4.42 Å². The maximum atomic E-state index is 6.36. The minimum absolute atomic E-state index is 0.0291. The average Bonchev–Trinajstić information content (AvgIpc) is 1.59. The number of fused-ring (bicyclic) bond motifs is 23. The second-order valence-electron chi connectivity index (χ2n) is 37.6. The number of nitrogens with zero attached hydrogens (tertiary/aromatic N) is 9. The van der Waals surface area contributed by atoms with E-state index >= 15 is 0 Å². The normalized spacial score (nSPS) is 11.9. The Morgan fingerprint density at radius 3 is 1.32 bits per heavy atom. The molecule has 0 amide bonds. The number of aromatic nitrogens is 9. The number of hydrogen-bond acceptors (Lipinski definition) is 9. The molecule has 0 saturated heterocycles. The van der Waals surface area contributed by atoms with Crippen molar-refractivity contribution in [3.05, 3.63) is 467 Å². The van der Waals surface area contributed by atoms with E-state index in [1.165, 1.54) is 155 Å². The second-order valence-corrected chi connectivity index (χ2v) is 39.7. The predicted octanol–water partition coefficient (Wildman–Crippen LogP) is 35.4. The zero-order chi connectivity index (χ0) is 94.2. The van der Waals surface area contributed by atoms with Crippen molar-refractivity contribution in [1.29, 1.82) is 0 Å². The van der Waals surface area contributed by atoms with Crippen molar-refractivity contribution in [1.82, 2.24) is 43.6 Å². The summed E-state index contributed by atoms with van der Waals surface area (Å²) in [4.78, 5) is 30.1. The minimum atomic E-state index is 0.0291. The molecule has 0 aliphatic heterocycles. The van der Waals surface area contributed by atoms with Crippen LogP contribution in [0.2, 0.25) is 0 Å². The fraction of sp³-hybridized carbons (Fsp3) is 0.0308. The number of thiophene rings is 2. The molecule has 0 saturated carbocycles. The van der Waals surface area contributed by atoms with Gasteiger partial charge in [0, 0.05) is 130 Å². The molecule has 668 valence electrons. The molecule has 0 unspecified atom stereocenters. The fourth-order valence-corrected chi connectivity index (χ4v) is 23.8. The van der Waals surface area contributed by atoms with E-state index in [1.54, 1.807) is 0 Å². The van der Waals surface area contributed by atoms with E-state index in [0.717, 1.165) is 99.9 Å². The van der Waals surface area contributed by atoms with Crippen LogP contribution in [-0.2, 0) is 5.41 Å². The predicted molar refractivity (Wildman–Crippen MR) is 597 cm³/mol. The van der Waals surface area contributed by atoms with Gasteiger partial charge in [-0.2, -0.15) is 0 Å². The SMILES string of the molecule is CC(C)(C)c1ccc2c(c1)c1c3ccccc3ccc1n2-c1nccc(-c2cccc(-c3cccc4c3oc3ccccc34)c2)n1.c1ccc(-c2ccc(-c3ccc4c(c3)c3cc5ccccc5cc3n4-c3nccc(-c4cccc(-c5cccc6c5sc5ccccc56)c4)n3)cc2)cc1.c1ccc2c(c1)ccc1c3ccccc3n(-c3nccc(-c4ccc(-c5cccc6c5sc5ccccc56)cc4)n3)c21. The average molecular weight is 1850 g/mol. The highest BCUT2D eigenvalue weighted by Crippen LogP contribution is 2.48. The summed E-state index contributed by atoms with van der Waals surface area (Å²) in [5.41, 5.74) is 27.4. The maximum absolute atomic E-state index is 6.36. The van der Waals surface area contributed by atoms with Crippen LogP contribution in [-0.4, -0.2) is 43.6 Å². The summed E-state index contributed by atoms with van der Waals surface area (Å²) in [7, 11) is 0. The Balaban J connectivity index is 0.000000107. The van der Waals surface area contributed by atoms with Crippen molar-refractivity contribution >= 4 is 183 Å². The molecule has 0 bridgehead atoms. The van der Waals surface area contributed by atoms with Crippen molar-refractivity contribution in [2.24, 2.45) is 0 Å².